The average Bonchev–Trinajstić information content (AvgIpc) is 2.36. The van der Waals surface area contributed by atoms with Gasteiger partial charge in [0, 0.05) is 19.6 Å². The van der Waals surface area contributed by atoms with Gasteiger partial charge in [-0.1, -0.05) is 12.1 Å². The molecule has 0 amide bonds. The Morgan fingerprint density at radius 2 is 1.80 bits per heavy atom. The lowest BCUT2D eigenvalue weighted by Crippen LogP contribution is -2.41. The Labute approximate surface area is 117 Å². The van der Waals surface area contributed by atoms with E-state index in [9.17, 15) is 13.2 Å². The van der Waals surface area contributed by atoms with Gasteiger partial charge in [0.1, 0.15) is 0 Å². The first-order chi connectivity index (χ1) is 9.32. The number of halogens is 3. The van der Waals surface area contributed by atoms with Gasteiger partial charge >= 0.3 is 6.18 Å². The average molecular weight is 287 g/mol. The van der Waals surface area contributed by atoms with Gasteiger partial charge in [0.05, 0.1) is 5.56 Å². The van der Waals surface area contributed by atoms with Crippen molar-refractivity contribution in [2.45, 2.75) is 32.5 Å². The lowest BCUT2D eigenvalue weighted by Gasteiger charge is -2.14. The highest BCUT2D eigenvalue weighted by molar-refractivity contribution is 5.79. The third-order valence-corrected chi connectivity index (χ3v) is 2.64. The predicted octanol–water partition coefficient (Wildman–Crippen LogP) is 2.82. The van der Waals surface area contributed by atoms with E-state index >= 15 is 0 Å². The van der Waals surface area contributed by atoms with E-state index in [1.807, 2.05) is 13.8 Å². The Morgan fingerprint density at radius 3 is 2.25 bits per heavy atom. The molecule has 0 bridgehead atoms. The van der Waals surface area contributed by atoms with Crippen molar-refractivity contribution >= 4 is 5.96 Å². The van der Waals surface area contributed by atoms with Crippen LogP contribution in [0.1, 0.15) is 25.0 Å². The number of hydrogen-bond donors (Lipinski definition) is 2. The van der Waals surface area contributed by atoms with E-state index in [-0.39, 0.29) is 6.04 Å². The molecule has 0 unspecified atom stereocenters. The molecular formula is C14H20F3N3. The van der Waals surface area contributed by atoms with Gasteiger partial charge in [-0.25, -0.2) is 0 Å². The predicted molar refractivity (Wildman–Crippen MR) is 74.8 cm³/mol. The van der Waals surface area contributed by atoms with Crippen LogP contribution in [0, 0.1) is 0 Å². The fraction of sp³-hybridized carbons (Fsp3) is 0.500. The van der Waals surface area contributed by atoms with Crippen molar-refractivity contribution in [1.29, 1.82) is 0 Å². The van der Waals surface area contributed by atoms with E-state index in [1.54, 1.807) is 7.05 Å². The van der Waals surface area contributed by atoms with Crippen LogP contribution in [-0.2, 0) is 12.6 Å². The van der Waals surface area contributed by atoms with Crippen LogP contribution in [-0.4, -0.2) is 25.6 Å². The Bertz CT molecular complexity index is 436. The molecule has 0 radical (unpaired) electrons. The van der Waals surface area contributed by atoms with E-state index < -0.39 is 11.7 Å². The zero-order valence-corrected chi connectivity index (χ0v) is 11.9. The maximum Gasteiger partial charge on any atom is 0.416 e. The minimum atomic E-state index is -4.28. The summed E-state index contributed by atoms with van der Waals surface area (Å²) in [6, 6.07) is 5.49. The number of alkyl halides is 3. The lowest BCUT2D eigenvalue weighted by molar-refractivity contribution is -0.137. The Balaban J connectivity index is 2.46. The number of benzene rings is 1. The minimum absolute atomic E-state index is 0.271. The number of hydrogen-bond acceptors (Lipinski definition) is 1. The molecule has 6 heteroatoms. The molecule has 1 aromatic carbocycles. The van der Waals surface area contributed by atoms with Crippen molar-refractivity contribution in [3.05, 3.63) is 35.4 Å². The first kappa shape index (κ1) is 16.3. The Hall–Kier alpha value is -1.72. The molecule has 2 N–H and O–H groups in total. The van der Waals surface area contributed by atoms with E-state index in [1.165, 1.54) is 12.1 Å². The highest BCUT2D eigenvalue weighted by atomic mass is 19.4. The molecule has 0 saturated carbocycles. The second kappa shape index (κ2) is 7.17. The topological polar surface area (TPSA) is 36.4 Å². The zero-order valence-electron chi connectivity index (χ0n) is 11.9. The fourth-order valence-corrected chi connectivity index (χ4v) is 1.65. The van der Waals surface area contributed by atoms with E-state index in [0.717, 1.165) is 17.7 Å². The van der Waals surface area contributed by atoms with Crippen LogP contribution in [0.25, 0.3) is 0 Å². The van der Waals surface area contributed by atoms with Crippen LogP contribution >= 0.6 is 0 Å². The van der Waals surface area contributed by atoms with Gasteiger partial charge in [-0.05, 0) is 38.0 Å². The molecule has 0 fully saturated rings. The van der Waals surface area contributed by atoms with Crippen molar-refractivity contribution in [1.82, 2.24) is 10.6 Å². The summed E-state index contributed by atoms with van der Waals surface area (Å²) in [6.07, 6.45) is -3.64. The van der Waals surface area contributed by atoms with Gasteiger partial charge in [-0.2, -0.15) is 13.2 Å². The van der Waals surface area contributed by atoms with Crippen molar-refractivity contribution < 1.29 is 13.2 Å². The fourth-order valence-electron chi connectivity index (χ4n) is 1.65. The van der Waals surface area contributed by atoms with Crippen molar-refractivity contribution in [2.24, 2.45) is 4.99 Å². The molecule has 112 valence electrons. The molecule has 20 heavy (non-hydrogen) atoms. The summed E-state index contributed by atoms with van der Waals surface area (Å²) in [7, 11) is 1.68. The van der Waals surface area contributed by atoms with E-state index in [2.05, 4.69) is 15.6 Å². The second-order valence-electron chi connectivity index (χ2n) is 4.74. The quantitative estimate of drug-likeness (QED) is 0.660. The van der Waals surface area contributed by atoms with Crippen LogP contribution in [0.3, 0.4) is 0 Å². The molecule has 0 aliphatic heterocycles. The highest BCUT2D eigenvalue weighted by Crippen LogP contribution is 2.29. The maximum atomic E-state index is 12.4. The summed E-state index contributed by atoms with van der Waals surface area (Å²) >= 11 is 0. The van der Waals surface area contributed by atoms with Gasteiger partial charge < -0.3 is 10.6 Å². The first-order valence-electron chi connectivity index (χ1n) is 6.46. The van der Waals surface area contributed by atoms with Gasteiger partial charge in [0.15, 0.2) is 5.96 Å². The van der Waals surface area contributed by atoms with Crippen LogP contribution < -0.4 is 10.6 Å². The standard InChI is InChI=1S/C14H20F3N3/c1-10(2)20-13(18-3)19-9-8-11-4-6-12(7-5-11)14(15,16)17/h4-7,10H,8-9H2,1-3H3,(H2,18,19,20). The van der Waals surface area contributed by atoms with Crippen LogP contribution in [0.4, 0.5) is 13.2 Å². The second-order valence-corrected chi connectivity index (χ2v) is 4.74. The van der Waals surface area contributed by atoms with Crippen LogP contribution in [0.2, 0.25) is 0 Å². The third-order valence-electron chi connectivity index (χ3n) is 2.64. The van der Waals surface area contributed by atoms with Crippen molar-refractivity contribution in [2.75, 3.05) is 13.6 Å². The molecule has 0 saturated heterocycles. The van der Waals surface area contributed by atoms with Gasteiger partial charge in [0.25, 0.3) is 0 Å². The summed E-state index contributed by atoms with van der Waals surface area (Å²) in [5, 5.41) is 6.25. The van der Waals surface area contributed by atoms with Crippen molar-refractivity contribution in [3.63, 3.8) is 0 Å². The van der Waals surface area contributed by atoms with Crippen molar-refractivity contribution in [3.8, 4) is 0 Å². The number of nitrogens with one attached hydrogen (secondary N) is 2. The lowest BCUT2D eigenvalue weighted by atomic mass is 10.1. The molecule has 1 rings (SSSR count). The first-order valence-corrected chi connectivity index (χ1v) is 6.46. The van der Waals surface area contributed by atoms with Crippen LogP contribution in [0.15, 0.2) is 29.3 Å². The summed E-state index contributed by atoms with van der Waals surface area (Å²) < 4.78 is 37.2. The molecule has 0 spiro atoms. The van der Waals surface area contributed by atoms with Gasteiger partial charge in [-0.15, -0.1) is 0 Å². The molecule has 0 aromatic heterocycles. The minimum Gasteiger partial charge on any atom is -0.356 e. The van der Waals surface area contributed by atoms with E-state index in [0.29, 0.717) is 18.9 Å². The molecule has 0 atom stereocenters. The molecule has 0 aliphatic carbocycles. The number of nitrogens with zero attached hydrogens (tertiary/aromatic N) is 1. The zero-order chi connectivity index (χ0) is 15.2. The smallest absolute Gasteiger partial charge is 0.356 e. The Morgan fingerprint density at radius 1 is 1.20 bits per heavy atom. The SMILES string of the molecule is CN=C(NCCc1ccc(C(F)(F)F)cc1)NC(C)C. The summed E-state index contributed by atoms with van der Waals surface area (Å²) in [5.74, 6) is 0.687. The highest BCUT2D eigenvalue weighted by Gasteiger charge is 2.29. The molecule has 0 aliphatic rings. The van der Waals surface area contributed by atoms with Gasteiger partial charge in [-0.3, -0.25) is 4.99 Å². The summed E-state index contributed by atoms with van der Waals surface area (Å²) in [6.45, 7) is 4.61. The van der Waals surface area contributed by atoms with Gasteiger partial charge in [0.2, 0.25) is 0 Å². The molecule has 1 aromatic rings. The normalized spacial score (nSPS) is 12.7. The van der Waals surface area contributed by atoms with Crippen LogP contribution in [0.5, 0.6) is 0 Å². The summed E-state index contributed by atoms with van der Waals surface area (Å²) in [5.41, 5.74) is 0.233. The molecule has 3 nitrogen and oxygen atoms in total. The number of guanidine groups is 1. The largest absolute Gasteiger partial charge is 0.416 e. The van der Waals surface area contributed by atoms with E-state index in [4.69, 9.17) is 0 Å². The monoisotopic (exact) mass is 287 g/mol. The summed E-state index contributed by atoms with van der Waals surface area (Å²) in [4.78, 5) is 4.05. The number of rotatable bonds is 4. The third kappa shape index (κ3) is 5.50. The Kier molecular flexibility index (Phi) is 5.85. The maximum absolute atomic E-state index is 12.4. The number of aliphatic imine (C=N–C) groups is 1. The molecule has 0 heterocycles. The molecular weight excluding hydrogens is 267 g/mol.